The minimum Gasteiger partial charge on any atom is -0.296 e. The summed E-state index contributed by atoms with van der Waals surface area (Å²) >= 11 is 12.1. The van der Waals surface area contributed by atoms with E-state index in [-0.39, 0.29) is 0 Å². The van der Waals surface area contributed by atoms with E-state index in [1.54, 1.807) is 0 Å². The van der Waals surface area contributed by atoms with Gasteiger partial charge in [-0.2, -0.15) is 0 Å². The molecule has 0 spiro atoms. The van der Waals surface area contributed by atoms with Crippen molar-refractivity contribution in [3.8, 4) is 5.69 Å². The van der Waals surface area contributed by atoms with E-state index in [1.807, 2.05) is 18.2 Å². The van der Waals surface area contributed by atoms with Crippen molar-refractivity contribution in [1.82, 2.24) is 9.55 Å². The summed E-state index contributed by atoms with van der Waals surface area (Å²) in [5.41, 5.74) is 5.52. The standard InChI is InChI=1S/C17H16Cl2N2/c1-11-3-6-14-16(9-11)21(17(20-14)7-8-18)15-10-13(19)5-4-12(15)2/h3-6,9-10H,7-8H2,1-2H3. The third kappa shape index (κ3) is 2.66. The molecule has 3 aromatic rings. The van der Waals surface area contributed by atoms with E-state index in [4.69, 9.17) is 28.2 Å². The van der Waals surface area contributed by atoms with Crippen molar-refractivity contribution >= 4 is 34.2 Å². The molecule has 0 saturated carbocycles. The van der Waals surface area contributed by atoms with Gasteiger partial charge in [0.2, 0.25) is 0 Å². The maximum Gasteiger partial charge on any atom is 0.115 e. The Kier molecular flexibility index (Phi) is 3.92. The number of rotatable bonds is 3. The molecule has 0 N–H and O–H groups in total. The molecule has 0 bridgehead atoms. The molecular weight excluding hydrogens is 303 g/mol. The van der Waals surface area contributed by atoms with Gasteiger partial charge < -0.3 is 0 Å². The monoisotopic (exact) mass is 318 g/mol. The molecule has 0 aliphatic heterocycles. The first-order chi connectivity index (χ1) is 10.1. The first-order valence-electron chi connectivity index (χ1n) is 6.90. The number of alkyl halides is 1. The zero-order chi connectivity index (χ0) is 15.0. The normalized spacial score (nSPS) is 11.2. The Morgan fingerprint density at radius 3 is 2.67 bits per heavy atom. The van der Waals surface area contributed by atoms with Crippen molar-refractivity contribution in [2.24, 2.45) is 0 Å². The SMILES string of the molecule is Cc1ccc2nc(CCCl)n(-c3cc(Cl)ccc3C)c2c1. The molecule has 3 rings (SSSR count). The van der Waals surface area contributed by atoms with E-state index in [1.165, 1.54) is 5.56 Å². The number of hydrogen-bond acceptors (Lipinski definition) is 1. The Hall–Kier alpha value is -1.51. The molecule has 4 heteroatoms. The average Bonchev–Trinajstić information content (AvgIpc) is 2.79. The van der Waals surface area contributed by atoms with Gasteiger partial charge in [0.15, 0.2) is 0 Å². The molecular formula is C17H16Cl2N2. The van der Waals surface area contributed by atoms with Crippen molar-refractivity contribution in [1.29, 1.82) is 0 Å². The molecule has 0 amide bonds. The van der Waals surface area contributed by atoms with Gasteiger partial charge in [-0.25, -0.2) is 4.98 Å². The Labute approximate surface area is 134 Å². The van der Waals surface area contributed by atoms with E-state index < -0.39 is 0 Å². The number of imidazole rings is 1. The Balaban J connectivity index is 2.35. The number of aromatic nitrogens is 2. The minimum absolute atomic E-state index is 0.544. The molecule has 2 aromatic carbocycles. The van der Waals surface area contributed by atoms with E-state index in [9.17, 15) is 0 Å². The fourth-order valence-corrected chi connectivity index (χ4v) is 2.92. The number of aryl methyl sites for hydroxylation is 3. The van der Waals surface area contributed by atoms with E-state index >= 15 is 0 Å². The quantitative estimate of drug-likeness (QED) is 0.616. The van der Waals surface area contributed by atoms with Crippen LogP contribution < -0.4 is 0 Å². The van der Waals surface area contributed by atoms with Gasteiger partial charge in [0.05, 0.1) is 16.7 Å². The second-order valence-corrected chi connectivity index (χ2v) is 6.04. The smallest absolute Gasteiger partial charge is 0.115 e. The predicted octanol–water partition coefficient (Wildman–Crippen LogP) is 5.08. The fraction of sp³-hybridized carbons (Fsp3) is 0.235. The second kappa shape index (κ2) is 5.70. The van der Waals surface area contributed by atoms with Crippen molar-refractivity contribution in [3.05, 3.63) is 58.4 Å². The molecule has 0 radical (unpaired) electrons. The molecule has 2 nitrogen and oxygen atoms in total. The van der Waals surface area contributed by atoms with E-state index in [0.29, 0.717) is 5.88 Å². The maximum absolute atomic E-state index is 6.19. The number of nitrogens with zero attached hydrogens (tertiary/aromatic N) is 2. The number of hydrogen-bond donors (Lipinski definition) is 0. The van der Waals surface area contributed by atoms with Crippen LogP contribution in [0.1, 0.15) is 17.0 Å². The summed E-state index contributed by atoms with van der Waals surface area (Å²) in [6, 6.07) is 12.2. The van der Waals surface area contributed by atoms with Crippen LogP contribution in [0.2, 0.25) is 5.02 Å². The molecule has 21 heavy (non-hydrogen) atoms. The highest BCUT2D eigenvalue weighted by Crippen LogP contribution is 2.27. The predicted molar refractivity (Wildman–Crippen MR) is 90.0 cm³/mol. The molecule has 108 valence electrons. The minimum atomic E-state index is 0.544. The largest absolute Gasteiger partial charge is 0.296 e. The highest BCUT2D eigenvalue weighted by Gasteiger charge is 2.14. The summed E-state index contributed by atoms with van der Waals surface area (Å²) < 4.78 is 2.17. The summed E-state index contributed by atoms with van der Waals surface area (Å²) in [5, 5.41) is 0.724. The van der Waals surface area contributed by atoms with Crippen LogP contribution >= 0.6 is 23.2 Å². The van der Waals surface area contributed by atoms with Crippen molar-refractivity contribution in [2.75, 3.05) is 5.88 Å². The number of halogens is 2. The molecule has 0 unspecified atom stereocenters. The van der Waals surface area contributed by atoms with Crippen LogP contribution in [0.3, 0.4) is 0 Å². The van der Waals surface area contributed by atoms with Crippen LogP contribution in [-0.4, -0.2) is 15.4 Å². The topological polar surface area (TPSA) is 17.8 Å². The van der Waals surface area contributed by atoms with Gasteiger partial charge in [-0.15, -0.1) is 11.6 Å². The molecule has 0 fully saturated rings. The number of fused-ring (bicyclic) bond motifs is 1. The van der Waals surface area contributed by atoms with Crippen molar-refractivity contribution in [3.63, 3.8) is 0 Å². The second-order valence-electron chi connectivity index (χ2n) is 5.23. The highest BCUT2D eigenvalue weighted by molar-refractivity contribution is 6.30. The van der Waals surface area contributed by atoms with Gasteiger partial charge >= 0.3 is 0 Å². The van der Waals surface area contributed by atoms with Gasteiger partial charge in [-0.1, -0.05) is 23.7 Å². The third-order valence-electron chi connectivity index (χ3n) is 3.61. The van der Waals surface area contributed by atoms with Crippen LogP contribution in [-0.2, 0) is 6.42 Å². The zero-order valence-corrected chi connectivity index (χ0v) is 13.5. The van der Waals surface area contributed by atoms with Gasteiger partial charge in [0, 0.05) is 17.3 Å². The summed E-state index contributed by atoms with van der Waals surface area (Å²) in [4.78, 5) is 4.73. The molecule has 1 heterocycles. The van der Waals surface area contributed by atoms with Crippen LogP contribution in [0.5, 0.6) is 0 Å². The van der Waals surface area contributed by atoms with Crippen molar-refractivity contribution < 1.29 is 0 Å². The van der Waals surface area contributed by atoms with Crippen LogP contribution in [0, 0.1) is 13.8 Å². The van der Waals surface area contributed by atoms with E-state index in [2.05, 4.69) is 36.6 Å². The lowest BCUT2D eigenvalue weighted by Crippen LogP contribution is -2.04. The zero-order valence-electron chi connectivity index (χ0n) is 12.0. The summed E-state index contributed by atoms with van der Waals surface area (Å²) in [5.74, 6) is 1.51. The Morgan fingerprint density at radius 2 is 1.90 bits per heavy atom. The third-order valence-corrected chi connectivity index (χ3v) is 4.03. The van der Waals surface area contributed by atoms with E-state index in [0.717, 1.165) is 39.6 Å². The van der Waals surface area contributed by atoms with Gasteiger partial charge in [-0.3, -0.25) is 4.57 Å². The van der Waals surface area contributed by atoms with Gasteiger partial charge in [0.25, 0.3) is 0 Å². The molecule has 0 saturated heterocycles. The molecule has 0 aliphatic rings. The van der Waals surface area contributed by atoms with Gasteiger partial charge in [0.1, 0.15) is 5.82 Å². The van der Waals surface area contributed by atoms with Crippen LogP contribution in [0.15, 0.2) is 36.4 Å². The van der Waals surface area contributed by atoms with Crippen LogP contribution in [0.4, 0.5) is 0 Å². The summed E-state index contributed by atoms with van der Waals surface area (Å²) in [6.07, 6.45) is 0.723. The Bertz CT molecular complexity index is 806. The molecule has 0 aliphatic carbocycles. The average molecular weight is 319 g/mol. The summed E-state index contributed by atoms with van der Waals surface area (Å²) in [7, 11) is 0. The highest BCUT2D eigenvalue weighted by atomic mass is 35.5. The molecule has 0 atom stereocenters. The fourth-order valence-electron chi connectivity index (χ4n) is 2.58. The maximum atomic E-state index is 6.19. The van der Waals surface area contributed by atoms with Crippen LogP contribution in [0.25, 0.3) is 16.7 Å². The molecule has 1 aromatic heterocycles. The lowest BCUT2D eigenvalue weighted by atomic mass is 10.1. The Morgan fingerprint density at radius 1 is 1.10 bits per heavy atom. The lowest BCUT2D eigenvalue weighted by Gasteiger charge is -2.12. The number of benzene rings is 2. The first-order valence-corrected chi connectivity index (χ1v) is 7.82. The first kappa shape index (κ1) is 14.4. The lowest BCUT2D eigenvalue weighted by molar-refractivity contribution is 0.907. The summed E-state index contributed by atoms with van der Waals surface area (Å²) in [6.45, 7) is 4.17. The van der Waals surface area contributed by atoms with Gasteiger partial charge in [-0.05, 0) is 49.2 Å². The van der Waals surface area contributed by atoms with Crippen molar-refractivity contribution in [2.45, 2.75) is 20.3 Å².